The van der Waals surface area contributed by atoms with E-state index >= 15 is 0 Å². The van der Waals surface area contributed by atoms with E-state index in [2.05, 4.69) is 43.7 Å². The zero-order chi connectivity index (χ0) is 12.5. The first-order chi connectivity index (χ1) is 8.26. The van der Waals surface area contributed by atoms with Crippen molar-refractivity contribution in [3.63, 3.8) is 0 Å². The van der Waals surface area contributed by atoms with Gasteiger partial charge in [0.1, 0.15) is 0 Å². The maximum absolute atomic E-state index is 4.96. The van der Waals surface area contributed by atoms with Crippen molar-refractivity contribution in [2.45, 2.75) is 6.54 Å². The Morgan fingerprint density at radius 1 is 1.39 bits per heavy atom. The molecular weight excluding hydrogens is 409 g/mol. The number of methoxy groups -OCH3 is 1. The van der Waals surface area contributed by atoms with Crippen LogP contribution in [0.15, 0.2) is 33.7 Å². The Labute approximate surface area is 134 Å². The molecule has 0 atom stereocenters. The van der Waals surface area contributed by atoms with Crippen LogP contribution in [0.5, 0.6) is 0 Å². The lowest BCUT2D eigenvalue weighted by molar-refractivity contribution is 0.203. The third-order valence-corrected chi connectivity index (χ3v) is 2.66. The number of ether oxygens (including phenoxy) is 1. The van der Waals surface area contributed by atoms with E-state index in [9.17, 15) is 0 Å². The number of nitrogens with zero attached hydrogens (tertiary/aromatic N) is 1. The largest absolute Gasteiger partial charge is 0.383 e. The molecule has 0 bridgehead atoms. The molecule has 0 aliphatic rings. The number of hydrogen-bond donors (Lipinski definition) is 2. The molecule has 0 fully saturated rings. The van der Waals surface area contributed by atoms with Crippen LogP contribution >= 0.6 is 39.9 Å². The minimum absolute atomic E-state index is 0. The molecule has 0 amide bonds. The van der Waals surface area contributed by atoms with E-state index in [0.717, 1.165) is 23.5 Å². The standard InChI is InChI=1S/C12H18BrN3O.HI/c1-14-12(15-6-7-17-2)16-9-10-4-3-5-11(13)8-10;/h3-5,8H,6-7,9H2,1-2H3,(H2,14,15,16);1H. The second-order valence-corrected chi connectivity index (χ2v) is 4.39. The van der Waals surface area contributed by atoms with Gasteiger partial charge in [0.15, 0.2) is 5.96 Å². The van der Waals surface area contributed by atoms with Gasteiger partial charge in [-0.05, 0) is 17.7 Å². The molecule has 0 aromatic heterocycles. The number of guanidine groups is 1. The van der Waals surface area contributed by atoms with Crippen LogP contribution in [0, 0.1) is 0 Å². The number of aliphatic imine (C=N–C) groups is 1. The molecule has 1 aromatic carbocycles. The monoisotopic (exact) mass is 427 g/mol. The van der Waals surface area contributed by atoms with E-state index in [1.54, 1.807) is 14.2 Å². The Morgan fingerprint density at radius 3 is 2.78 bits per heavy atom. The summed E-state index contributed by atoms with van der Waals surface area (Å²) in [5.74, 6) is 0.780. The average molecular weight is 428 g/mol. The molecule has 4 nitrogen and oxygen atoms in total. The second kappa shape index (κ2) is 10.6. The Bertz CT molecular complexity index is 374. The molecule has 0 saturated carbocycles. The predicted octanol–water partition coefficient (Wildman–Crippen LogP) is 2.38. The first kappa shape index (κ1) is 17.7. The van der Waals surface area contributed by atoms with Crippen LogP contribution in [0.4, 0.5) is 0 Å². The third-order valence-electron chi connectivity index (χ3n) is 2.17. The summed E-state index contributed by atoms with van der Waals surface area (Å²) in [6.45, 7) is 2.15. The van der Waals surface area contributed by atoms with E-state index < -0.39 is 0 Å². The smallest absolute Gasteiger partial charge is 0.191 e. The molecular formula is C12H19BrIN3O. The number of nitrogens with one attached hydrogen (secondary N) is 2. The summed E-state index contributed by atoms with van der Waals surface area (Å²) in [4.78, 5) is 4.12. The summed E-state index contributed by atoms with van der Waals surface area (Å²) < 4.78 is 6.05. The van der Waals surface area contributed by atoms with Crippen LogP contribution in [0.2, 0.25) is 0 Å². The normalized spacial score (nSPS) is 10.7. The summed E-state index contributed by atoms with van der Waals surface area (Å²) in [5.41, 5.74) is 1.20. The van der Waals surface area contributed by atoms with Crippen molar-refractivity contribution >= 4 is 45.9 Å². The van der Waals surface area contributed by atoms with Gasteiger partial charge in [-0.1, -0.05) is 28.1 Å². The van der Waals surface area contributed by atoms with Crippen LogP contribution in [-0.2, 0) is 11.3 Å². The highest BCUT2D eigenvalue weighted by Gasteiger charge is 1.98. The van der Waals surface area contributed by atoms with Crippen molar-refractivity contribution in [3.8, 4) is 0 Å². The van der Waals surface area contributed by atoms with Gasteiger partial charge in [0.05, 0.1) is 6.61 Å². The van der Waals surface area contributed by atoms with Crippen molar-refractivity contribution in [1.82, 2.24) is 10.6 Å². The highest BCUT2D eigenvalue weighted by Crippen LogP contribution is 2.11. The van der Waals surface area contributed by atoms with E-state index in [4.69, 9.17) is 4.74 Å². The first-order valence-electron chi connectivity index (χ1n) is 5.44. The minimum atomic E-state index is 0. The van der Waals surface area contributed by atoms with Crippen LogP contribution < -0.4 is 10.6 Å². The van der Waals surface area contributed by atoms with Gasteiger partial charge < -0.3 is 15.4 Å². The Morgan fingerprint density at radius 2 is 2.17 bits per heavy atom. The maximum atomic E-state index is 4.96. The van der Waals surface area contributed by atoms with Crippen LogP contribution in [-0.4, -0.2) is 33.3 Å². The molecule has 1 aromatic rings. The maximum Gasteiger partial charge on any atom is 0.191 e. The quantitative estimate of drug-likeness (QED) is 0.328. The highest BCUT2D eigenvalue weighted by molar-refractivity contribution is 14.0. The van der Waals surface area contributed by atoms with Crippen molar-refractivity contribution in [2.24, 2.45) is 4.99 Å². The van der Waals surface area contributed by atoms with E-state index in [1.807, 2.05) is 12.1 Å². The molecule has 0 radical (unpaired) electrons. The Balaban J connectivity index is 0.00000289. The fourth-order valence-corrected chi connectivity index (χ4v) is 1.77. The third kappa shape index (κ3) is 7.17. The van der Waals surface area contributed by atoms with E-state index in [0.29, 0.717) is 6.61 Å². The summed E-state index contributed by atoms with van der Waals surface area (Å²) in [5, 5.41) is 6.39. The van der Waals surface area contributed by atoms with Crippen LogP contribution in [0.25, 0.3) is 0 Å². The van der Waals surface area contributed by atoms with E-state index in [1.165, 1.54) is 5.56 Å². The minimum Gasteiger partial charge on any atom is -0.383 e. The molecule has 6 heteroatoms. The van der Waals surface area contributed by atoms with Gasteiger partial charge in [0, 0.05) is 31.7 Å². The molecule has 0 aliphatic carbocycles. The lowest BCUT2D eigenvalue weighted by Gasteiger charge is -2.11. The molecule has 0 saturated heterocycles. The summed E-state index contributed by atoms with van der Waals surface area (Å²) >= 11 is 3.45. The zero-order valence-corrected chi connectivity index (χ0v) is 14.5. The lowest BCUT2D eigenvalue weighted by Crippen LogP contribution is -2.38. The average Bonchev–Trinajstić information content (AvgIpc) is 2.34. The lowest BCUT2D eigenvalue weighted by atomic mass is 10.2. The molecule has 0 spiro atoms. The second-order valence-electron chi connectivity index (χ2n) is 3.48. The van der Waals surface area contributed by atoms with Crippen molar-refractivity contribution in [2.75, 3.05) is 27.3 Å². The van der Waals surface area contributed by atoms with Crippen LogP contribution in [0.3, 0.4) is 0 Å². The molecule has 102 valence electrons. The van der Waals surface area contributed by atoms with Gasteiger partial charge >= 0.3 is 0 Å². The number of halogens is 2. The SMILES string of the molecule is CN=C(NCCOC)NCc1cccc(Br)c1.I. The molecule has 0 aliphatic heterocycles. The Kier molecular flexibility index (Phi) is 10.4. The summed E-state index contributed by atoms with van der Waals surface area (Å²) in [7, 11) is 3.43. The number of rotatable bonds is 5. The van der Waals surface area contributed by atoms with E-state index in [-0.39, 0.29) is 24.0 Å². The summed E-state index contributed by atoms with van der Waals surface area (Å²) in [6.07, 6.45) is 0. The van der Waals surface area contributed by atoms with Crippen LogP contribution in [0.1, 0.15) is 5.56 Å². The topological polar surface area (TPSA) is 45.7 Å². The summed E-state index contributed by atoms with van der Waals surface area (Å²) in [6, 6.07) is 8.17. The molecule has 0 unspecified atom stereocenters. The fraction of sp³-hybridized carbons (Fsp3) is 0.417. The van der Waals surface area contributed by atoms with Gasteiger partial charge in [-0.25, -0.2) is 0 Å². The fourth-order valence-electron chi connectivity index (χ4n) is 1.32. The van der Waals surface area contributed by atoms with Gasteiger partial charge in [-0.15, -0.1) is 24.0 Å². The molecule has 0 heterocycles. The van der Waals surface area contributed by atoms with Gasteiger partial charge in [0.25, 0.3) is 0 Å². The van der Waals surface area contributed by atoms with Crippen molar-refractivity contribution < 1.29 is 4.74 Å². The first-order valence-corrected chi connectivity index (χ1v) is 6.23. The zero-order valence-electron chi connectivity index (χ0n) is 10.6. The van der Waals surface area contributed by atoms with Gasteiger partial charge in [0.2, 0.25) is 0 Å². The van der Waals surface area contributed by atoms with Crippen molar-refractivity contribution in [3.05, 3.63) is 34.3 Å². The number of benzene rings is 1. The molecule has 1 rings (SSSR count). The Hall–Kier alpha value is -0.340. The number of hydrogen-bond acceptors (Lipinski definition) is 2. The van der Waals surface area contributed by atoms with Crippen molar-refractivity contribution in [1.29, 1.82) is 0 Å². The van der Waals surface area contributed by atoms with Gasteiger partial charge in [-0.2, -0.15) is 0 Å². The highest BCUT2D eigenvalue weighted by atomic mass is 127. The van der Waals surface area contributed by atoms with Gasteiger partial charge in [-0.3, -0.25) is 4.99 Å². The predicted molar refractivity (Wildman–Crippen MR) is 89.6 cm³/mol. The molecule has 18 heavy (non-hydrogen) atoms. The molecule has 2 N–H and O–H groups in total.